The van der Waals surface area contributed by atoms with Crippen LogP contribution in [0.5, 0.6) is 0 Å². The van der Waals surface area contributed by atoms with E-state index in [1.165, 1.54) is 6.08 Å². The van der Waals surface area contributed by atoms with E-state index in [4.69, 9.17) is 23.2 Å². The van der Waals surface area contributed by atoms with Crippen LogP contribution in [-0.4, -0.2) is 23.2 Å². The maximum absolute atomic E-state index is 11.8. The van der Waals surface area contributed by atoms with Crippen molar-refractivity contribution in [3.05, 3.63) is 39.9 Å². The molecule has 0 aliphatic heterocycles. The van der Waals surface area contributed by atoms with Crippen LogP contribution in [0.2, 0.25) is 10.0 Å². The number of aliphatic hydroxyl groups is 1. The third kappa shape index (κ3) is 3.98. The predicted molar refractivity (Wildman–Crippen MR) is 81.9 cm³/mol. The van der Waals surface area contributed by atoms with Crippen LogP contribution in [0.15, 0.2) is 24.3 Å². The van der Waals surface area contributed by atoms with Gasteiger partial charge in [0.05, 0.1) is 22.2 Å². The van der Waals surface area contributed by atoms with Crippen LogP contribution in [0.25, 0.3) is 6.08 Å². The highest BCUT2D eigenvalue weighted by Gasteiger charge is 2.23. The molecular formula is C15H17Cl2NO2. The highest BCUT2D eigenvalue weighted by molar-refractivity contribution is 6.42. The van der Waals surface area contributed by atoms with Crippen molar-refractivity contribution >= 4 is 35.2 Å². The Hall–Kier alpha value is -1.03. The van der Waals surface area contributed by atoms with Gasteiger partial charge < -0.3 is 10.4 Å². The van der Waals surface area contributed by atoms with E-state index in [0.717, 1.165) is 25.7 Å². The minimum Gasteiger partial charge on any atom is -0.391 e. The summed E-state index contributed by atoms with van der Waals surface area (Å²) < 4.78 is 0. The van der Waals surface area contributed by atoms with Gasteiger partial charge in [0.2, 0.25) is 5.91 Å². The molecule has 0 radical (unpaired) electrons. The summed E-state index contributed by atoms with van der Waals surface area (Å²) in [6, 6.07) is 5.10. The van der Waals surface area contributed by atoms with Crippen LogP contribution in [0.3, 0.4) is 0 Å². The number of nitrogens with one attached hydrogen (secondary N) is 1. The van der Waals surface area contributed by atoms with E-state index in [1.807, 2.05) is 0 Å². The lowest BCUT2D eigenvalue weighted by Gasteiger charge is -2.27. The van der Waals surface area contributed by atoms with Gasteiger partial charge in [-0.1, -0.05) is 48.2 Å². The molecule has 5 heteroatoms. The lowest BCUT2D eigenvalue weighted by Crippen LogP contribution is -2.44. The maximum Gasteiger partial charge on any atom is 0.244 e. The summed E-state index contributed by atoms with van der Waals surface area (Å²) in [5.41, 5.74) is 0.693. The van der Waals surface area contributed by atoms with E-state index in [-0.39, 0.29) is 11.9 Å². The zero-order valence-corrected chi connectivity index (χ0v) is 12.5. The van der Waals surface area contributed by atoms with Gasteiger partial charge in [0.25, 0.3) is 0 Å². The molecule has 1 fully saturated rings. The van der Waals surface area contributed by atoms with Gasteiger partial charge in [0.1, 0.15) is 0 Å². The van der Waals surface area contributed by atoms with Crippen molar-refractivity contribution in [1.29, 1.82) is 0 Å². The number of carbonyl (C=O) groups is 1. The number of benzene rings is 1. The Morgan fingerprint density at radius 1 is 1.30 bits per heavy atom. The Balaban J connectivity index is 1.97. The van der Waals surface area contributed by atoms with E-state index < -0.39 is 6.10 Å². The largest absolute Gasteiger partial charge is 0.391 e. The Morgan fingerprint density at radius 3 is 2.80 bits per heavy atom. The fourth-order valence-corrected chi connectivity index (χ4v) is 2.70. The van der Waals surface area contributed by atoms with E-state index in [1.54, 1.807) is 24.3 Å². The van der Waals surface area contributed by atoms with Crippen LogP contribution < -0.4 is 5.32 Å². The van der Waals surface area contributed by atoms with Crippen LogP contribution >= 0.6 is 23.2 Å². The summed E-state index contributed by atoms with van der Waals surface area (Å²) in [5.74, 6) is -0.230. The standard InChI is InChI=1S/C15H17Cl2NO2/c16-11-5-3-4-10(15(11)17)8-9-14(20)18-12-6-1-2-7-13(12)19/h3-5,8-9,12-13,19H,1-2,6-7H2,(H,18,20)/b9-8+/t12-,13-/m0/s1. The van der Waals surface area contributed by atoms with Gasteiger partial charge in [-0.3, -0.25) is 4.79 Å². The molecule has 0 bridgehead atoms. The zero-order chi connectivity index (χ0) is 14.5. The normalized spacial score (nSPS) is 22.9. The van der Waals surface area contributed by atoms with Crippen LogP contribution in [0.1, 0.15) is 31.2 Å². The van der Waals surface area contributed by atoms with Crippen molar-refractivity contribution in [2.75, 3.05) is 0 Å². The Bertz CT molecular complexity index is 517. The average Bonchev–Trinajstić information content (AvgIpc) is 2.43. The monoisotopic (exact) mass is 313 g/mol. The minimum absolute atomic E-state index is 0.157. The number of halogens is 2. The molecule has 0 heterocycles. The highest BCUT2D eigenvalue weighted by Crippen LogP contribution is 2.26. The van der Waals surface area contributed by atoms with Gasteiger partial charge in [-0.05, 0) is 30.5 Å². The summed E-state index contributed by atoms with van der Waals surface area (Å²) >= 11 is 11.9. The molecule has 20 heavy (non-hydrogen) atoms. The Morgan fingerprint density at radius 2 is 2.05 bits per heavy atom. The maximum atomic E-state index is 11.8. The second-order valence-electron chi connectivity index (χ2n) is 4.94. The third-order valence-electron chi connectivity index (χ3n) is 3.45. The molecule has 1 amide bonds. The minimum atomic E-state index is -0.448. The Labute approximate surface area is 128 Å². The van der Waals surface area contributed by atoms with Gasteiger partial charge in [0.15, 0.2) is 0 Å². The molecule has 1 aliphatic rings. The topological polar surface area (TPSA) is 49.3 Å². The van der Waals surface area contributed by atoms with Crippen molar-refractivity contribution in [2.45, 2.75) is 37.8 Å². The van der Waals surface area contributed by atoms with Crippen molar-refractivity contribution in [3.8, 4) is 0 Å². The number of carbonyl (C=O) groups excluding carboxylic acids is 1. The summed E-state index contributed by atoms with van der Waals surface area (Å²) in [7, 11) is 0. The third-order valence-corrected chi connectivity index (χ3v) is 4.29. The smallest absolute Gasteiger partial charge is 0.244 e. The van der Waals surface area contributed by atoms with Gasteiger partial charge in [-0.15, -0.1) is 0 Å². The lowest BCUT2D eigenvalue weighted by atomic mass is 9.92. The molecule has 0 unspecified atom stereocenters. The molecule has 1 aromatic carbocycles. The molecule has 1 aliphatic carbocycles. The Kier molecular flexibility index (Phi) is 5.46. The predicted octanol–water partition coefficient (Wildman–Crippen LogP) is 3.43. The van der Waals surface area contributed by atoms with Crippen LogP contribution in [0, 0.1) is 0 Å². The van der Waals surface area contributed by atoms with E-state index in [0.29, 0.717) is 15.6 Å². The molecule has 2 N–H and O–H groups in total. The number of hydrogen-bond acceptors (Lipinski definition) is 2. The van der Waals surface area contributed by atoms with Crippen LogP contribution in [-0.2, 0) is 4.79 Å². The summed E-state index contributed by atoms with van der Waals surface area (Å²) in [6.07, 6.45) is 6.20. The number of hydrogen-bond donors (Lipinski definition) is 2. The van der Waals surface area contributed by atoms with Crippen molar-refractivity contribution < 1.29 is 9.90 Å². The van der Waals surface area contributed by atoms with E-state index in [9.17, 15) is 9.90 Å². The van der Waals surface area contributed by atoms with Crippen molar-refractivity contribution in [1.82, 2.24) is 5.32 Å². The zero-order valence-electron chi connectivity index (χ0n) is 11.0. The van der Waals surface area contributed by atoms with Gasteiger partial charge in [0, 0.05) is 6.08 Å². The van der Waals surface area contributed by atoms with E-state index in [2.05, 4.69) is 5.32 Å². The van der Waals surface area contributed by atoms with Crippen molar-refractivity contribution in [2.24, 2.45) is 0 Å². The molecule has 2 atom stereocenters. The highest BCUT2D eigenvalue weighted by atomic mass is 35.5. The molecule has 0 aromatic heterocycles. The number of amides is 1. The number of aliphatic hydroxyl groups excluding tert-OH is 1. The number of rotatable bonds is 3. The summed E-state index contributed by atoms with van der Waals surface area (Å²) in [4.78, 5) is 11.8. The van der Waals surface area contributed by atoms with Gasteiger partial charge >= 0.3 is 0 Å². The summed E-state index contributed by atoms with van der Waals surface area (Å²) in [6.45, 7) is 0. The molecule has 0 spiro atoms. The molecule has 2 rings (SSSR count). The summed E-state index contributed by atoms with van der Waals surface area (Å²) in [5, 5.41) is 13.5. The first-order valence-corrected chi connectivity index (χ1v) is 7.44. The van der Waals surface area contributed by atoms with Gasteiger partial charge in [-0.25, -0.2) is 0 Å². The lowest BCUT2D eigenvalue weighted by molar-refractivity contribution is -0.118. The van der Waals surface area contributed by atoms with E-state index >= 15 is 0 Å². The second-order valence-corrected chi connectivity index (χ2v) is 5.73. The molecule has 108 valence electrons. The first-order chi connectivity index (χ1) is 9.58. The fourth-order valence-electron chi connectivity index (χ4n) is 2.33. The first kappa shape index (κ1) is 15.4. The quantitative estimate of drug-likeness (QED) is 0.840. The fraction of sp³-hybridized carbons (Fsp3) is 0.400. The second kappa shape index (κ2) is 7.11. The van der Waals surface area contributed by atoms with Crippen LogP contribution in [0.4, 0.5) is 0 Å². The van der Waals surface area contributed by atoms with Gasteiger partial charge in [-0.2, -0.15) is 0 Å². The molecule has 1 aromatic rings. The molecule has 3 nitrogen and oxygen atoms in total. The SMILES string of the molecule is O=C(/C=C/c1cccc(Cl)c1Cl)N[C@H]1CCCC[C@@H]1O. The molecular weight excluding hydrogens is 297 g/mol. The van der Waals surface area contributed by atoms with Crippen molar-refractivity contribution in [3.63, 3.8) is 0 Å². The molecule has 1 saturated carbocycles. The average molecular weight is 314 g/mol. The molecule has 0 saturated heterocycles. The first-order valence-electron chi connectivity index (χ1n) is 6.68.